The number of rotatable bonds is 4. The molecule has 0 amide bonds. The molecule has 100 valence electrons. The minimum absolute atomic E-state index is 0.00443. The Kier molecular flexibility index (Phi) is 5.82. The van der Waals surface area contributed by atoms with Gasteiger partial charge < -0.3 is 9.84 Å². The quantitative estimate of drug-likeness (QED) is 0.303. The summed E-state index contributed by atoms with van der Waals surface area (Å²) in [5, 5.41) is 10.5. The molecule has 0 aliphatic carbocycles. The van der Waals surface area contributed by atoms with Gasteiger partial charge in [0.1, 0.15) is 11.3 Å². The third-order valence-electron chi connectivity index (χ3n) is 2.24. The third kappa shape index (κ3) is 4.60. The van der Waals surface area contributed by atoms with Gasteiger partial charge in [-0.25, -0.2) is 4.79 Å². The highest BCUT2D eigenvalue weighted by Crippen LogP contribution is 2.12. The summed E-state index contributed by atoms with van der Waals surface area (Å²) in [5.41, 5.74) is 0.837. The number of carbonyl (C=O) groups excluding carboxylic acids is 1. The van der Waals surface area contributed by atoms with E-state index in [2.05, 4.69) is 9.73 Å². The Balaban J connectivity index is 2.99. The van der Waals surface area contributed by atoms with Gasteiger partial charge in [0.05, 0.1) is 7.11 Å². The molecule has 1 aromatic carbocycles. The van der Waals surface area contributed by atoms with Crippen LogP contribution in [0.1, 0.15) is 5.56 Å². The largest absolute Gasteiger partial charge is 0.507 e. The SMILES string of the molecule is CN=CC(C(=O)OC)=C(O)/C=C/c1ccc(Cl)cc1. The van der Waals surface area contributed by atoms with E-state index in [0.29, 0.717) is 5.02 Å². The van der Waals surface area contributed by atoms with Gasteiger partial charge in [0.2, 0.25) is 0 Å². The number of carbonyl (C=O) groups is 1. The number of hydrogen-bond donors (Lipinski definition) is 1. The molecular weight excluding hydrogens is 266 g/mol. The van der Waals surface area contributed by atoms with Gasteiger partial charge in [-0.05, 0) is 23.8 Å². The molecule has 0 aliphatic heterocycles. The van der Waals surface area contributed by atoms with Crippen molar-refractivity contribution in [2.75, 3.05) is 14.2 Å². The number of aliphatic hydroxyl groups excluding tert-OH is 1. The predicted molar refractivity (Wildman–Crippen MR) is 76.6 cm³/mol. The van der Waals surface area contributed by atoms with Crippen LogP contribution in [0, 0.1) is 0 Å². The molecule has 4 nitrogen and oxygen atoms in total. The van der Waals surface area contributed by atoms with Crippen LogP contribution >= 0.6 is 11.6 Å². The zero-order valence-corrected chi connectivity index (χ0v) is 11.4. The van der Waals surface area contributed by atoms with E-state index in [0.717, 1.165) is 5.56 Å². The van der Waals surface area contributed by atoms with Crippen molar-refractivity contribution in [3.8, 4) is 0 Å². The topological polar surface area (TPSA) is 58.9 Å². The van der Waals surface area contributed by atoms with Crippen molar-refractivity contribution in [2.45, 2.75) is 0 Å². The first-order valence-electron chi connectivity index (χ1n) is 5.46. The molecule has 0 spiro atoms. The molecule has 1 aromatic rings. The van der Waals surface area contributed by atoms with Crippen molar-refractivity contribution in [3.63, 3.8) is 0 Å². The highest BCUT2D eigenvalue weighted by atomic mass is 35.5. The van der Waals surface area contributed by atoms with Crippen LogP contribution in [0.15, 0.2) is 46.7 Å². The van der Waals surface area contributed by atoms with Crippen molar-refractivity contribution in [3.05, 3.63) is 52.3 Å². The van der Waals surface area contributed by atoms with Crippen LogP contribution in [0.5, 0.6) is 0 Å². The van der Waals surface area contributed by atoms with Crippen LogP contribution in [0.3, 0.4) is 0 Å². The second-order valence-corrected chi connectivity index (χ2v) is 4.00. The zero-order chi connectivity index (χ0) is 14.3. The average Bonchev–Trinajstić information content (AvgIpc) is 2.43. The van der Waals surface area contributed by atoms with Crippen molar-refractivity contribution in [1.82, 2.24) is 0 Å². The Morgan fingerprint density at radius 2 is 2.00 bits per heavy atom. The fraction of sp³-hybridized carbons (Fsp3) is 0.143. The second-order valence-electron chi connectivity index (χ2n) is 3.56. The lowest BCUT2D eigenvalue weighted by Gasteiger charge is -2.01. The van der Waals surface area contributed by atoms with Crippen molar-refractivity contribution in [2.24, 2.45) is 4.99 Å². The number of allylic oxidation sites excluding steroid dienone is 1. The molecule has 0 saturated heterocycles. The number of esters is 1. The number of benzene rings is 1. The van der Waals surface area contributed by atoms with Gasteiger partial charge in [-0.2, -0.15) is 0 Å². The standard InChI is InChI=1S/C14H14ClNO3/c1-16-9-12(14(18)19-2)13(17)8-5-10-3-6-11(15)7-4-10/h3-9,17H,1-2H3/b8-5+,13-12?,16-9?. The maximum Gasteiger partial charge on any atom is 0.343 e. The van der Waals surface area contributed by atoms with Crippen LogP contribution in [0.4, 0.5) is 0 Å². The van der Waals surface area contributed by atoms with Gasteiger partial charge in [0, 0.05) is 18.3 Å². The normalized spacial score (nSPS) is 12.8. The van der Waals surface area contributed by atoms with E-state index in [4.69, 9.17) is 11.6 Å². The lowest BCUT2D eigenvalue weighted by Crippen LogP contribution is -2.08. The van der Waals surface area contributed by atoms with E-state index in [-0.39, 0.29) is 11.3 Å². The molecule has 0 unspecified atom stereocenters. The zero-order valence-electron chi connectivity index (χ0n) is 10.6. The molecule has 0 heterocycles. The number of nitrogens with zero attached hydrogens (tertiary/aromatic N) is 1. The molecule has 0 atom stereocenters. The number of aliphatic hydroxyl groups is 1. The summed E-state index contributed by atoms with van der Waals surface area (Å²) in [4.78, 5) is 15.1. The Morgan fingerprint density at radius 1 is 1.37 bits per heavy atom. The Bertz CT molecular complexity index is 530. The predicted octanol–water partition coefficient (Wildman–Crippen LogP) is 3.04. The average molecular weight is 280 g/mol. The van der Waals surface area contributed by atoms with Crippen molar-refractivity contribution in [1.29, 1.82) is 0 Å². The van der Waals surface area contributed by atoms with Gasteiger partial charge >= 0.3 is 5.97 Å². The fourth-order valence-electron chi connectivity index (χ4n) is 1.30. The van der Waals surface area contributed by atoms with Gasteiger partial charge in [-0.15, -0.1) is 0 Å². The summed E-state index contributed by atoms with van der Waals surface area (Å²) in [7, 11) is 2.74. The molecule has 19 heavy (non-hydrogen) atoms. The van der Waals surface area contributed by atoms with E-state index in [9.17, 15) is 9.90 Å². The molecule has 0 saturated carbocycles. The van der Waals surface area contributed by atoms with Crippen LogP contribution in [0.2, 0.25) is 5.02 Å². The monoisotopic (exact) mass is 279 g/mol. The van der Waals surface area contributed by atoms with E-state index in [1.165, 1.54) is 26.4 Å². The van der Waals surface area contributed by atoms with Crippen LogP contribution < -0.4 is 0 Å². The summed E-state index contributed by atoms with van der Waals surface area (Å²) in [5.74, 6) is -0.865. The van der Waals surface area contributed by atoms with Crippen molar-refractivity contribution < 1.29 is 14.6 Å². The molecule has 5 heteroatoms. The number of aliphatic imine (C=N–C) groups is 1. The van der Waals surface area contributed by atoms with Gasteiger partial charge in [0.15, 0.2) is 0 Å². The molecule has 0 radical (unpaired) electrons. The second kappa shape index (κ2) is 7.38. The third-order valence-corrected chi connectivity index (χ3v) is 2.50. The molecule has 0 aliphatic rings. The summed E-state index contributed by atoms with van der Waals surface area (Å²) >= 11 is 5.77. The first kappa shape index (κ1) is 15.0. The summed E-state index contributed by atoms with van der Waals surface area (Å²) in [6, 6.07) is 7.04. The highest BCUT2D eigenvalue weighted by molar-refractivity contribution is 6.30. The first-order chi connectivity index (χ1) is 9.08. The van der Waals surface area contributed by atoms with Crippen molar-refractivity contribution >= 4 is 29.9 Å². The van der Waals surface area contributed by atoms with Crippen LogP contribution in [0.25, 0.3) is 6.08 Å². The summed E-state index contributed by atoms with van der Waals surface area (Å²) in [6.45, 7) is 0. The minimum atomic E-state index is -0.649. The maximum absolute atomic E-state index is 11.4. The first-order valence-corrected chi connectivity index (χ1v) is 5.83. The molecule has 1 rings (SSSR count). The molecular formula is C14H14ClNO3. The maximum atomic E-state index is 11.4. The van der Waals surface area contributed by atoms with Crippen LogP contribution in [-0.2, 0) is 9.53 Å². The van der Waals surface area contributed by atoms with E-state index < -0.39 is 5.97 Å². The van der Waals surface area contributed by atoms with Crippen LogP contribution in [-0.4, -0.2) is 31.4 Å². The van der Waals surface area contributed by atoms with E-state index in [1.807, 2.05) is 0 Å². The Morgan fingerprint density at radius 3 is 2.53 bits per heavy atom. The van der Waals surface area contributed by atoms with Gasteiger partial charge in [0.25, 0.3) is 0 Å². The molecule has 1 N–H and O–H groups in total. The summed E-state index contributed by atoms with van der Waals surface area (Å²) < 4.78 is 4.55. The molecule has 0 bridgehead atoms. The summed E-state index contributed by atoms with van der Waals surface area (Å²) in [6.07, 6.45) is 4.29. The molecule has 0 fully saturated rings. The number of halogens is 1. The Hall–Kier alpha value is -2.07. The minimum Gasteiger partial charge on any atom is -0.507 e. The van der Waals surface area contributed by atoms with E-state index in [1.54, 1.807) is 30.3 Å². The Labute approximate surface area is 116 Å². The molecule has 0 aromatic heterocycles. The van der Waals surface area contributed by atoms with Gasteiger partial charge in [-0.1, -0.05) is 29.8 Å². The van der Waals surface area contributed by atoms with E-state index >= 15 is 0 Å². The number of hydrogen-bond acceptors (Lipinski definition) is 4. The smallest absolute Gasteiger partial charge is 0.343 e. The number of ether oxygens (including phenoxy) is 1. The van der Waals surface area contributed by atoms with Gasteiger partial charge in [-0.3, -0.25) is 4.99 Å². The number of methoxy groups -OCH3 is 1. The lowest BCUT2D eigenvalue weighted by molar-refractivity contribution is -0.135. The lowest BCUT2D eigenvalue weighted by atomic mass is 10.1. The highest BCUT2D eigenvalue weighted by Gasteiger charge is 2.11. The fourth-order valence-corrected chi connectivity index (χ4v) is 1.43.